The van der Waals surface area contributed by atoms with Crippen molar-refractivity contribution < 1.29 is 4.79 Å². The van der Waals surface area contributed by atoms with Gasteiger partial charge < -0.3 is 10.6 Å². The molecule has 0 radical (unpaired) electrons. The van der Waals surface area contributed by atoms with Crippen LogP contribution < -0.4 is 5.73 Å². The summed E-state index contributed by atoms with van der Waals surface area (Å²) in [6.07, 6.45) is 0.710. The summed E-state index contributed by atoms with van der Waals surface area (Å²) >= 11 is 0. The maximum absolute atomic E-state index is 11.5. The Hall–Kier alpha value is -0.570. The average molecular weight is 172 g/mol. The molecule has 0 rings (SSSR count). The van der Waals surface area contributed by atoms with Crippen LogP contribution in [0, 0.1) is 0 Å². The topological polar surface area (TPSA) is 46.3 Å². The van der Waals surface area contributed by atoms with Gasteiger partial charge in [0.15, 0.2) is 0 Å². The van der Waals surface area contributed by atoms with Crippen LogP contribution in [0.4, 0.5) is 0 Å². The van der Waals surface area contributed by atoms with E-state index in [-0.39, 0.29) is 18.0 Å². The Morgan fingerprint density at radius 3 is 2.17 bits per heavy atom. The lowest BCUT2D eigenvalue weighted by molar-refractivity contribution is -0.134. The molecule has 1 atom stereocenters. The van der Waals surface area contributed by atoms with E-state index in [0.29, 0.717) is 6.42 Å². The highest BCUT2D eigenvalue weighted by Gasteiger charge is 2.19. The van der Waals surface area contributed by atoms with Crippen LogP contribution >= 0.6 is 0 Å². The van der Waals surface area contributed by atoms with Crippen LogP contribution in [0.2, 0.25) is 0 Å². The van der Waals surface area contributed by atoms with Crippen LogP contribution in [0.15, 0.2) is 0 Å². The largest absolute Gasteiger partial charge is 0.339 e. The van der Waals surface area contributed by atoms with Crippen molar-refractivity contribution in [1.82, 2.24) is 4.90 Å². The van der Waals surface area contributed by atoms with Gasteiger partial charge >= 0.3 is 0 Å². The van der Waals surface area contributed by atoms with Crippen molar-refractivity contribution in [1.29, 1.82) is 0 Å². The molecule has 3 heteroatoms. The summed E-state index contributed by atoms with van der Waals surface area (Å²) in [5, 5.41) is 0. The highest BCUT2D eigenvalue weighted by Crippen LogP contribution is 2.02. The van der Waals surface area contributed by atoms with Crippen molar-refractivity contribution in [2.75, 3.05) is 6.54 Å². The number of nitrogens with two attached hydrogens (primary N) is 1. The van der Waals surface area contributed by atoms with Crippen LogP contribution in [0.5, 0.6) is 0 Å². The molecule has 0 aliphatic rings. The number of hydrogen-bond acceptors (Lipinski definition) is 2. The molecule has 0 bridgehead atoms. The predicted octanol–water partition coefficient (Wildman–Crippen LogP) is 0.981. The minimum absolute atomic E-state index is 0.0648. The number of nitrogens with zero attached hydrogens (tertiary/aromatic N) is 1. The third-order valence-electron chi connectivity index (χ3n) is 2.00. The number of carbonyl (C=O) groups is 1. The van der Waals surface area contributed by atoms with Gasteiger partial charge in [-0.15, -0.1) is 0 Å². The van der Waals surface area contributed by atoms with Crippen LogP contribution in [0.25, 0.3) is 0 Å². The van der Waals surface area contributed by atoms with Crippen LogP contribution in [-0.4, -0.2) is 29.4 Å². The van der Waals surface area contributed by atoms with E-state index in [2.05, 4.69) is 0 Å². The molecule has 72 valence electrons. The Morgan fingerprint density at radius 2 is 1.92 bits per heavy atom. The van der Waals surface area contributed by atoms with E-state index in [1.165, 1.54) is 0 Å². The van der Waals surface area contributed by atoms with Crippen molar-refractivity contribution in [3.8, 4) is 0 Å². The molecular formula is C9H20N2O. The van der Waals surface area contributed by atoms with E-state index in [1.54, 1.807) is 4.90 Å². The Labute approximate surface area is 74.9 Å². The third kappa shape index (κ3) is 2.81. The number of hydrogen-bond donors (Lipinski definition) is 1. The number of likely N-dealkylation sites (N-methyl/N-ethyl adjacent to an activating group) is 1. The minimum atomic E-state index is -0.327. The molecule has 0 heterocycles. The molecule has 0 saturated heterocycles. The Morgan fingerprint density at radius 1 is 1.42 bits per heavy atom. The Bertz CT molecular complexity index is 145. The zero-order valence-electron chi connectivity index (χ0n) is 8.50. The van der Waals surface area contributed by atoms with Crippen LogP contribution in [0.3, 0.4) is 0 Å². The highest BCUT2D eigenvalue weighted by molar-refractivity contribution is 5.81. The van der Waals surface area contributed by atoms with Gasteiger partial charge in [0.2, 0.25) is 5.91 Å². The third-order valence-corrected chi connectivity index (χ3v) is 2.00. The van der Waals surface area contributed by atoms with Gasteiger partial charge in [-0.25, -0.2) is 0 Å². The van der Waals surface area contributed by atoms with Gasteiger partial charge in [0.25, 0.3) is 0 Å². The van der Waals surface area contributed by atoms with Crippen molar-refractivity contribution in [3.05, 3.63) is 0 Å². The lowest BCUT2D eigenvalue weighted by Crippen LogP contribution is -2.46. The SMILES string of the molecule is CC[C@H](N)C(=O)N(CC)C(C)C. The van der Waals surface area contributed by atoms with E-state index in [0.717, 1.165) is 6.54 Å². The molecule has 3 nitrogen and oxygen atoms in total. The van der Waals surface area contributed by atoms with Crippen molar-refractivity contribution >= 4 is 5.91 Å². The molecule has 0 spiro atoms. The summed E-state index contributed by atoms with van der Waals surface area (Å²) in [6.45, 7) is 8.65. The fourth-order valence-corrected chi connectivity index (χ4v) is 1.16. The van der Waals surface area contributed by atoms with E-state index >= 15 is 0 Å². The Kier molecular flexibility index (Phi) is 4.90. The molecule has 0 aromatic rings. The van der Waals surface area contributed by atoms with E-state index in [1.807, 2.05) is 27.7 Å². The zero-order chi connectivity index (χ0) is 9.72. The smallest absolute Gasteiger partial charge is 0.239 e. The number of amides is 1. The van der Waals surface area contributed by atoms with E-state index in [9.17, 15) is 4.79 Å². The van der Waals surface area contributed by atoms with Gasteiger partial charge in [0.1, 0.15) is 0 Å². The summed E-state index contributed by atoms with van der Waals surface area (Å²) in [4.78, 5) is 13.3. The Balaban J connectivity index is 4.21. The van der Waals surface area contributed by atoms with Crippen molar-refractivity contribution in [2.24, 2.45) is 5.73 Å². The molecule has 0 unspecified atom stereocenters. The summed E-state index contributed by atoms with van der Waals surface area (Å²) in [6, 6.07) is -0.0764. The van der Waals surface area contributed by atoms with Crippen molar-refractivity contribution in [3.63, 3.8) is 0 Å². The highest BCUT2D eigenvalue weighted by atomic mass is 16.2. The van der Waals surface area contributed by atoms with Gasteiger partial charge in [-0.3, -0.25) is 4.79 Å². The summed E-state index contributed by atoms with van der Waals surface area (Å²) < 4.78 is 0. The van der Waals surface area contributed by atoms with Gasteiger partial charge in [-0.1, -0.05) is 6.92 Å². The van der Waals surface area contributed by atoms with Crippen LogP contribution in [0.1, 0.15) is 34.1 Å². The van der Waals surface area contributed by atoms with Gasteiger partial charge in [-0.2, -0.15) is 0 Å². The normalized spacial score (nSPS) is 13.2. The predicted molar refractivity (Wildman–Crippen MR) is 50.8 cm³/mol. The molecule has 0 fully saturated rings. The first kappa shape index (κ1) is 11.4. The first-order valence-electron chi connectivity index (χ1n) is 4.60. The molecule has 2 N–H and O–H groups in total. The summed E-state index contributed by atoms with van der Waals surface area (Å²) in [5.74, 6) is 0.0648. The van der Waals surface area contributed by atoms with Crippen LogP contribution in [-0.2, 0) is 4.79 Å². The molecule has 0 aliphatic carbocycles. The maximum Gasteiger partial charge on any atom is 0.239 e. The first-order valence-corrected chi connectivity index (χ1v) is 4.60. The fourth-order valence-electron chi connectivity index (χ4n) is 1.16. The number of rotatable bonds is 4. The molecule has 12 heavy (non-hydrogen) atoms. The second-order valence-electron chi connectivity index (χ2n) is 3.23. The van der Waals surface area contributed by atoms with Gasteiger partial charge in [0.05, 0.1) is 6.04 Å². The molecule has 0 aliphatic heterocycles. The standard InChI is InChI=1S/C9H20N2O/c1-5-8(10)9(12)11(6-2)7(3)4/h7-8H,5-6,10H2,1-4H3/t8-/m0/s1. The first-order chi connectivity index (χ1) is 5.54. The summed E-state index contributed by atoms with van der Waals surface area (Å²) in [5.41, 5.74) is 5.64. The van der Waals surface area contributed by atoms with Gasteiger partial charge in [0, 0.05) is 12.6 Å². The lowest BCUT2D eigenvalue weighted by Gasteiger charge is -2.27. The van der Waals surface area contributed by atoms with Gasteiger partial charge in [-0.05, 0) is 27.2 Å². The maximum atomic E-state index is 11.5. The van der Waals surface area contributed by atoms with E-state index in [4.69, 9.17) is 5.73 Å². The van der Waals surface area contributed by atoms with Crippen molar-refractivity contribution in [2.45, 2.75) is 46.2 Å². The minimum Gasteiger partial charge on any atom is -0.339 e. The molecule has 0 aromatic carbocycles. The fraction of sp³-hybridized carbons (Fsp3) is 0.889. The average Bonchev–Trinajstić information content (AvgIpc) is 2.03. The second-order valence-corrected chi connectivity index (χ2v) is 3.23. The summed E-state index contributed by atoms with van der Waals surface area (Å²) in [7, 11) is 0. The molecule has 0 saturated carbocycles. The quantitative estimate of drug-likeness (QED) is 0.687. The zero-order valence-corrected chi connectivity index (χ0v) is 8.50. The monoisotopic (exact) mass is 172 g/mol. The number of carbonyl (C=O) groups excluding carboxylic acids is 1. The molecule has 0 aromatic heterocycles. The van der Waals surface area contributed by atoms with E-state index < -0.39 is 0 Å². The second kappa shape index (κ2) is 5.14. The lowest BCUT2D eigenvalue weighted by atomic mass is 10.2. The molecule has 1 amide bonds. The molecular weight excluding hydrogens is 152 g/mol.